The second kappa shape index (κ2) is 7.31. The highest BCUT2D eigenvalue weighted by molar-refractivity contribution is 6.30. The van der Waals surface area contributed by atoms with Crippen LogP contribution in [-0.2, 0) is 4.79 Å². The van der Waals surface area contributed by atoms with Crippen molar-refractivity contribution < 1.29 is 14.7 Å². The highest BCUT2D eigenvalue weighted by atomic mass is 35.5. The van der Waals surface area contributed by atoms with Gasteiger partial charge in [0.25, 0.3) is 0 Å². The zero-order valence-corrected chi connectivity index (χ0v) is 12.5. The molecule has 2 amide bonds. The molecule has 2 N–H and O–H groups in total. The Morgan fingerprint density at radius 1 is 1.33 bits per heavy atom. The molecule has 0 aromatic heterocycles. The van der Waals surface area contributed by atoms with Crippen LogP contribution in [0.5, 0.6) is 0 Å². The predicted molar refractivity (Wildman–Crippen MR) is 81.6 cm³/mol. The van der Waals surface area contributed by atoms with Crippen LogP contribution in [0.4, 0.5) is 10.5 Å². The Labute approximate surface area is 128 Å². The first-order valence-electron chi connectivity index (χ1n) is 7.08. The molecule has 5 nitrogen and oxygen atoms in total. The fourth-order valence-electron chi connectivity index (χ4n) is 2.55. The van der Waals surface area contributed by atoms with Crippen LogP contribution in [0.3, 0.4) is 0 Å². The van der Waals surface area contributed by atoms with Gasteiger partial charge in [-0.3, -0.25) is 4.79 Å². The van der Waals surface area contributed by atoms with Crippen LogP contribution in [0, 0.1) is 5.92 Å². The lowest BCUT2D eigenvalue weighted by atomic mass is 9.93. The standard InChI is InChI=1S/C15H19ClN2O3/c16-12-4-6-13(7-5-12)17-15(21)18-9-1-2-11(10-18)3-8-14(19)20/h4-7,11H,1-3,8-10H2,(H,17,21)(H,19,20). The Kier molecular flexibility index (Phi) is 5.44. The van der Waals surface area contributed by atoms with Crippen molar-refractivity contribution in [2.75, 3.05) is 18.4 Å². The van der Waals surface area contributed by atoms with E-state index in [1.54, 1.807) is 29.2 Å². The zero-order chi connectivity index (χ0) is 15.2. The zero-order valence-electron chi connectivity index (χ0n) is 11.7. The van der Waals surface area contributed by atoms with Crippen molar-refractivity contribution in [3.8, 4) is 0 Å². The number of benzene rings is 1. The summed E-state index contributed by atoms with van der Waals surface area (Å²) in [5.74, 6) is -0.511. The van der Waals surface area contributed by atoms with Gasteiger partial charge in [0.2, 0.25) is 0 Å². The minimum Gasteiger partial charge on any atom is -0.481 e. The Hall–Kier alpha value is -1.75. The summed E-state index contributed by atoms with van der Waals surface area (Å²) in [6.07, 6.45) is 2.69. The first-order chi connectivity index (χ1) is 10.0. The van der Waals surface area contributed by atoms with Crippen molar-refractivity contribution in [1.29, 1.82) is 0 Å². The summed E-state index contributed by atoms with van der Waals surface area (Å²) in [6.45, 7) is 1.33. The summed E-state index contributed by atoms with van der Waals surface area (Å²) in [4.78, 5) is 24.6. The number of carbonyl (C=O) groups excluding carboxylic acids is 1. The molecule has 1 unspecified atom stereocenters. The molecule has 21 heavy (non-hydrogen) atoms. The summed E-state index contributed by atoms with van der Waals surface area (Å²) in [7, 11) is 0. The molecule has 114 valence electrons. The first-order valence-corrected chi connectivity index (χ1v) is 7.45. The van der Waals surface area contributed by atoms with Gasteiger partial charge in [0.1, 0.15) is 0 Å². The number of urea groups is 1. The molecule has 0 saturated carbocycles. The normalized spacial score (nSPS) is 18.3. The van der Waals surface area contributed by atoms with E-state index in [1.165, 1.54) is 0 Å². The number of anilines is 1. The number of carboxylic acids is 1. The van der Waals surface area contributed by atoms with E-state index in [0.717, 1.165) is 12.8 Å². The topological polar surface area (TPSA) is 69.6 Å². The number of piperidine rings is 1. The number of halogens is 1. The van der Waals surface area contributed by atoms with Crippen LogP contribution in [0.25, 0.3) is 0 Å². The van der Waals surface area contributed by atoms with Crippen LogP contribution < -0.4 is 5.32 Å². The Morgan fingerprint density at radius 3 is 2.71 bits per heavy atom. The summed E-state index contributed by atoms with van der Waals surface area (Å²) < 4.78 is 0. The third-order valence-electron chi connectivity index (χ3n) is 3.67. The molecule has 2 rings (SSSR count). The molecule has 1 aromatic carbocycles. The molecule has 0 radical (unpaired) electrons. The first kappa shape index (κ1) is 15.6. The fraction of sp³-hybridized carbons (Fsp3) is 0.467. The maximum Gasteiger partial charge on any atom is 0.321 e. The number of carboxylic acid groups (broad SMARTS) is 1. The minimum absolute atomic E-state index is 0.141. The molecule has 0 aliphatic carbocycles. The number of nitrogens with zero attached hydrogens (tertiary/aromatic N) is 1. The van der Waals surface area contributed by atoms with Crippen LogP contribution in [0.2, 0.25) is 5.02 Å². The minimum atomic E-state index is -0.780. The van der Waals surface area contributed by atoms with Gasteiger partial charge in [-0.1, -0.05) is 11.6 Å². The predicted octanol–water partition coefficient (Wildman–Crippen LogP) is 3.45. The van der Waals surface area contributed by atoms with Crippen molar-refractivity contribution in [2.45, 2.75) is 25.7 Å². The number of hydrogen-bond acceptors (Lipinski definition) is 2. The van der Waals surface area contributed by atoms with Crippen molar-refractivity contribution in [1.82, 2.24) is 4.90 Å². The van der Waals surface area contributed by atoms with Crippen molar-refractivity contribution in [3.63, 3.8) is 0 Å². The summed E-state index contributed by atoms with van der Waals surface area (Å²) >= 11 is 5.81. The lowest BCUT2D eigenvalue weighted by Crippen LogP contribution is -2.42. The molecule has 1 fully saturated rings. The van der Waals surface area contributed by atoms with E-state index in [4.69, 9.17) is 16.7 Å². The highest BCUT2D eigenvalue weighted by Crippen LogP contribution is 2.22. The van der Waals surface area contributed by atoms with Crippen molar-refractivity contribution in [3.05, 3.63) is 29.3 Å². The number of likely N-dealkylation sites (tertiary alicyclic amines) is 1. The summed E-state index contributed by atoms with van der Waals surface area (Å²) in [5.41, 5.74) is 0.706. The van der Waals surface area contributed by atoms with Gasteiger partial charge in [-0.25, -0.2) is 4.79 Å². The molecule has 1 heterocycles. The van der Waals surface area contributed by atoms with E-state index in [2.05, 4.69) is 5.32 Å². The van der Waals surface area contributed by atoms with Crippen molar-refractivity contribution in [2.24, 2.45) is 5.92 Å². The second-order valence-corrected chi connectivity index (χ2v) is 5.76. The summed E-state index contributed by atoms with van der Waals surface area (Å²) in [6, 6.07) is 6.82. The smallest absolute Gasteiger partial charge is 0.321 e. The van der Waals surface area contributed by atoms with Crippen LogP contribution in [-0.4, -0.2) is 35.1 Å². The number of amides is 2. The number of nitrogens with one attached hydrogen (secondary N) is 1. The van der Waals surface area contributed by atoms with Crippen molar-refractivity contribution >= 4 is 29.3 Å². The lowest BCUT2D eigenvalue weighted by Gasteiger charge is -2.32. The molecule has 0 bridgehead atoms. The van der Waals surface area contributed by atoms with Crippen LogP contribution in [0.1, 0.15) is 25.7 Å². The van der Waals surface area contributed by atoms with Gasteiger partial charge in [-0.2, -0.15) is 0 Å². The fourth-order valence-corrected chi connectivity index (χ4v) is 2.67. The quantitative estimate of drug-likeness (QED) is 0.895. The lowest BCUT2D eigenvalue weighted by molar-refractivity contribution is -0.137. The number of hydrogen-bond donors (Lipinski definition) is 2. The molecule has 1 atom stereocenters. The SMILES string of the molecule is O=C(O)CCC1CCCN(C(=O)Nc2ccc(Cl)cc2)C1. The van der Waals surface area contributed by atoms with E-state index in [1.807, 2.05) is 0 Å². The monoisotopic (exact) mass is 310 g/mol. The highest BCUT2D eigenvalue weighted by Gasteiger charge is 2.24. The van der Waals surface area contributed by atoms with E-state index in [9.17, 15) is 9.59 Å². The van der Waals surface area contributed by atoms with E-state index in [0.29, 0.717) is 30.2 Å². The molecular formula is C15H19ClN2O3. The molecule has 1 aliphatic heterocycles. The summed E-state index contributed by atoms with van der Waals surface area (Å²) in [5, 5.41) is 12.2. The molecular weight excluding hydrogens is 292 g/mol. The Morgan fingerprint density at radius 2 is 2.05 bits per heavy atom. The van der Waals surface area contributed by atoms with E-state index < -0.39 is 5.97 Å². The van der Waals surface area contributed by atoms with Gasteiger partial charge >= 0.3 is 12.0 Å². The second-order valence-electron chi connectivity index (χ2n) is 5.32. The van der Waals surface area contributed by atoms with Gasteiger partial charge in [-0.05, 0) is 49.4 Å². The third-order valence-corrected chi connectivity index (χ3v) is 3.92. The van der Waals surface area contributed by atoms with E-state index >= 15 is 0 Å². The number of aliphatic carboxylic acids is 1. The largest absolute Gasteiger partial charge is 0.481 e. The molecule has 6 heteroatoms. The maximum absolute atomic E-state index is 12.2. The van der Waals surface area contributed by atoms with Gasteiger partial charge in [0.15, 0.2) is 0 Å². The molecule has 0 spiro atoms. The number of carbonyl (C=O) groups is 2. The van der Waals surface area contributed by atoms with E-state index in [-0.39, 0.29) is 18.4 Å². The Balaban J connectivity index is 1.86. The van der Waals surface area contributed by atoms with Gasteiger partial charge < -0.3 is 15.3 Å². The van der Waals surface area contributed by atoms with Gasteiger partial charge in [0, 0.05) is 30.2 Å². The molecule has 1 saturated heterocycles. The Bertz CT molecular complexity index is 504. The van der Waals surface area contributed by atoms with Gasteiger partial charge in [-0.15, -0.1) is 0 Å². The van der Waals surface area contributed by atoms with Crippen LogP contribution >= 0.6 is 11.6 Å². The number of rotatable bonds is 4. The average Bonchev–Trinajstić information content (AvgIpc) is 2.48. The third kappa shape index (κ3) is 4.93. The molecule has 1 aromatic rings. The molecule has 1 aliphatic rings. The van der Waals surface area contributed by atoms with Gasteiger partial charge in [0.05, 0.1) is 0 Å². The average molecular weight is 311 g/mol. The van der Waals surface area contributed by atoms with Crippen LogP contribution in [0.15, 0.2) is 24.3 Å². The maximum atomic E-state index is 12.2.